The van der Waals surface area contributed by atoms with Crippen LogP contribution < -0.4 is 10.1 Å². The summed E-state index contributed by atoms with van der Waals surface area (Å²) in [7, 11) is 6.19. The molecule has 1 aromatic rings. The summed E-state index contributed by atoms with van der Waals surface area (Å²) >= 11 is 0. The molecule has 4 nitrogen and oxygen atoms in total. The summed E-state index contributed by atoms with van der Waals surface area (Å²) in [6, 6.07) is 6.55. The molecule has 1 aromatic carbocycles. The van der Waals surface area contributed by atoms with Gasteiger partial charge in [-0.05, 0) is 57.2 Å². The Hall–Kier alpha value is -1.10. The van der Waals surface area contributed by atoms with E-state index in [0.717, 1.165) is 51.5 Å². The van der Waals surface area contributed by atoms with Gasteiger partial charge in [-0.25, -0.2) is 0 Å². The van der Waals surface area contributed by atoms with Gasteiger partial charge in [-0.3, -0.25) is 4.90 Å². The Balaban J connectivity index is 1.86. The lowest BCUT2D eigenvalue weighted by atomic mass is 10.00. The zero-order valence-corrected chi connectivity index (χ0v) is 13.0. The fourth-order valence-electron chi connectivity index (χ4n) is 2.61. The lowest BCUT2D eigenvalue weighted by Gasteiger charge is -2.28. The SMILES string of the molecule is CNCN1CCc2cc(OCCCN(C)C)ccc2C1. The molecule has 1 aliphatic rings. The molecule has 2 rings (SSSR count). The molecule has 4 heteroatoms. The van der Waals surface area contributed by atoms with Gasteiger partial charge in [-0.15, -0.1) is 0 Å². The van der Waals surface area contributed by atoms with Crippen LogP contribution in [0, 0.1) is 0 Å². The molecule has 1 heterocycles. The van der Waals surface area contributed by atoms with Crippen LogP contribution in [0.1, 0.15) is 17.5 Å². The van der Waals surface area contributed by atoms with Gasteiger partial charge in [0.25, 0.3) is 0 Å². The lowest BCUT2D eigenvalue weighted by Crippen LogP contribution is -2.36. The highest BCUT2D eigenvalue weighted by molar-refractivity contribution is 5.37. The van der Waals surface area contributed by atoms with E-state index in [1.807, 2.05) is 7.05 Å². The molecule has 1 aliphatic heterocycles. The van der Waals surface area contributed by atoms with Gasteiger partial charge in [0.05, 0.1) is 6.61 Å². The normalized spacial score (nSPS) is 15.4. The number of hydrogen-bond donors (Lipinski definition) is 1. The number of fused-ring (bicyclic) bond motifs is 1. The maximum Gasteiger partial charge on any atom is 0.119 e. The molecule has 0 atom stereocenters. The maximum absolute atomic E-state index is 5.84. The molecular formula is C16H27N3O. The second-order valence-electron chi connectivity index (χ2n) is 5.75. The quantitative estimate of drug-likeness (QED) is 0.765. The van der Waals surface area contributed by atoms with Crippen LogP contribution in [0.3, 0.4) is 0 Å². The first-order valence-electron chi connectivity index (χ1n) is 7.45. The summed E-state index contributed by atoms with van der Waals surface area (Å²) < 4.78 is 5.84. The standard InChI is InChI=1S/C16H27N3O/c1-17-13-19-9-7-14-11-16(6-5-15(14)12-19)20-10-4-8-18(2)3/h5-6,11,17H,4,7-10,12-13H2,1-3H3. The summed E-state index contributed by atoms with van der Waals surface area (Å²) in [5, 5.41) is 3.22. The van der Waals surface area contributed by atoms with E-state index in [-0.39, 0.29) is 0 Å². The van der Waals surface area contributed by atoms with Crippen LogP contribution in [0.2, 0.25) is 0 Å². The second kappa shape index (κ2) is 7.62. The third kappa shape index (κ3) is 4.47. The highest BCUT2D eigenvalue weighted by Crippen LogP contribution is 2.23. The molecule has 0 bridgehead atoms. The zero-order chi connectivity index (χ0) is 14.4. The Kier molecular flexibility index (Phi) is 5.83. The van der Waals surface area contributed by atoms with E-state index in [0.29, 0.717) is 0 Å². The number of benzene rings is 1. The molecule has 1 N–H and O–H groups in total. The minimum atomic E-state index is 0.794. The fourth-order valence-corrected chi connectivity index (χ4v) is 2.61. The Morgan fingerprint density at radius 1 is 1.30 bits per heavy atom. The minimum absolute atomic E-state index is 0.794. The largest absolute Gasteiger partial charge is 0.494 e. The first-order chi connectivity index (χ1) is 9.69. The Bertz CT molecular complexity index is 420. The zero-order valence-electron chi connectivity index (χ0n) is 13.0. The third-order valence-electron chi connectivity index (χ3n) is 3.67. The molecule has 0 radical (unpaired) electrons. The van der Waals surface area contributed by atoms with Crippen LogP contribution in [-0.2, 0) is 13.0 Å². The van der Waals surface area contributed by atoms with Crippen molar-refractivity contribution in [3.05, 3.63) is 29.3 Å². The topological polar surface area (TPSA) is 27.7 Å². The predicted octanol–water partition coefficient (Wildman–Crippen LogP) is 1.55. The summed E-state index contributed by atoms with van der Waals surface area (Å²) in [6.45, 7) is 4.99. The minimum Gasteiger partial charge on any atom is -0.494 e. The van der Waals surface area contributed by atoms with Crippen molar-refractivity contribution in [1.29, 1.82) is 0 Å². The van der Waals surface area contributed by atoms with Crippen LogP contribution >= 0.6 is 0 Å². The van der Waals surface area contributed by atoms with Crippen LogP contribution in [0.4, 0.5) is 0 Å². The number of nitrogens with zero attached hydrogens (tertiary/aromatic N) is 2. The van der Waals surface area contributed by atoms with Gasteiger partial charge in [-0.2, -0.15) is 0 Å². The molecule has 20 heavy (non-hydrogen) atoms. The van der Waals surface area contributed by atoms with Crippen LogP contribution in [0.5, 0.6) is 5.75 Å². The highest BCUT2D eigenvalue weighted by atomic mass is 16.5. The summed E-state index contributed by atoms with van der Waals surface area (Å²) in [5.41, 5.74) is 2.88. The molecule has 0 saturated heterocycles. The van der Waals surface area contributed by atoms with E-state index in [4.69, 9.17) is 4.74 Å². The van der Waals surface area contributed by atoms with Crippen molar-refractivity contribution < 1.29 is 4.74 Å². The molecule has 112 valence electrons. The van der Waals surface area contributed by atoms with Crippen molar-refractivity contribution in [1.82, 2.24) is 15.1 Å². The van der Waals surface area contributed by atoms with Gasteiger partial charge < -0.3 is 15.0 Å². The second-order valence-corrected chi connectivity index (χ2v) is 5.75. The van der Waals surface area contributed by atoms with Crippen molar-refractivity contribution in [2.45, 2.75) is 19.4 Å². The summed E-state index contributed by atoms with van der Waals surface area (Å²) in [5.74, 6) is 1.02. The average Bonchev–Trinajstić information content (AvgIpc) is 2.44. The van der Waals surface area contributed by atoms with E-state index in [1.165, 1.54) is 11.1 Å². The molecule has 0 spiro atoms. The highest BCUT2D eigenvalue weighted by Gasteiger charge is 2.15. The van der Waals surface area contributed by atoms with E-state index in [1.54, 1.807) is 0 Å². The van der Waals surface area contributed by atoms with Gasteiger partial charge in [-0.1, -0.05) is 6.07 Å². The van der Waals surface area contributed by atoms with E-state index >= 15 is 0 Å². The van der Waals surface area contributed by atoms with Crippen LogP contribution in [0.25, 0.3) is 0 Å². The maximum atomic E-state index is 5.84. The van der Waals surface area contributed by atoms with E-state index in [2.05, 4.69) is 47.4 Å². The molecule has 0 aromatic heterocycles. The molecule has 0 fully saturated rings. The van der Waals surface area contributed by atoms with Crippen molar-refractivity contribution >= 4 is 0 Å². The van der Waals surface area contributed by atoms with Crippen molar-refractivity contribution in [2.75, 3.05) is 47.5 Å². The van der Waals surface area contributed by atoms with Gasteiger partial charge in [0.15, 0.2) is 0 Å². The molecule has 0 saturated carbocycles. The molecular weight excluding hydrogens is 250 g/mol. The summed E-state index contributed by atoms with van der Waals surface area (Å²) in [4.78, 5) is 4.62. The average molecular weight is 277 g/mol. The Labute approximate surface area is 122 Å². The third-order valence-corrected chi connectivity index (χ3v) is 3.67. The van der Waals surface area contributed by atoms with E-state index < -0.39 is 0 Å². The Morgan fingerprint density at radius 2 is 2.15 bits per heavy atom. The summed E-state index contributed by atoms with van der Waals surface area (Å²) in [6.07, 6.45) is 2.19. The monoisotopic (exact) mass is 277 g/mol. The van der Waals surface area contributed by atoms with Crippen LogP contribution in [-0.4, -0.2) is 57.3 Å². The number of ether oxygens (including phenoxy) is 1. The van der Waals surface area contributed by atoms with Crippen LogP contribution in [0.15, 0.2) is 18.2 Å². The first kappa shape index (κ1) is 15.3. The number of rotatable bonds is 7. The van der Waals surface area contributed by atoms with Gasteiger partial charge in [0.2, 0.25) is 0 Å². The molecule has 0 amide bonds. The van der Waals surface area contributed by atoms with E-state index in [9.17, 15) is 0 Å². The number of hydrogen-bond acceptors (Lipinski definition) is 4. The fraction of sp³-hybridized carbons (Fsp3) is 0.625. The molecule has 0 unspecified atom stereocenters. The van der Waals surface area contributed by atoms with Gasteiger partial charge in [0.1, 0.15) is 5.75 Å². The lowest BCUT2D eigenvalue weighted by molar-refractivity contribution is 0.240. The van der Waals surface area contributed by atoms with Crippen molar-refractivity contribution in [3.8, 4) is 5.75 Å². The van der Waals surface area contributed by atoms with Gasteiger partial charge in [0, 0.05) is 26.3 Å². The van der Waals surface area contributed by atoms with Crippen molar-refractivity contribution in [2.24, 2.45) is 0 Å². The Morgan fingerprint density at radius 3 is 2.90 bits per heavy atom. The predicted molar refractivity (Wildman–Crippen MR) is 83.1 cm³/mol. The van der Waals surface area contributed by atoms with Gasteiger partial charge >= 0.3 is 0 Å². The number of nitrogens with one attached hydrogen (secondary N) is 1. The smallest absolute Gasteiger partial charge is 0.119 e. The first-order valence-corrected chi connectivity index (χ1v) is 7.45. The van der Waals surface area contributed by atoms with Crippen molar-refractivity contribution in [3.63, 3.8) is 0 Å². The molecule has 0 aliphatic carbocycles.